The summed E-state index contributed by atoms with van der Waals surface area (Å²) in [7, 11) is 1.61. The average Bonchev–Trinajstić information content (AvgIpc) is 3.04. The van der Waals surface area contributed by atoms with Gasteiger partial charge in [-0.05, 0) is 25.5 Å². The smallest absolute Gasteiger partial charge is 0.293 e. The van der Waals surface area contributed by atoms with Gasteiger partial charge < -0.3 is 15.0 Å². The molecule has 1 amide bonds. The van der Waals surface area contributed by atoms with Crippen molar-refractivity contribution in [1.82, 2.24) is 4.90 Å². The Bertz CT molecular complexity index is 556. The minimum absolute atomic E-state index is 0.0893. The number of hydrogen-bond donors (Lipinski definition) is 1. The van der Waals surface area contributed by atoms with E-state index in [1.165, 1.54) is 6.07 Å². The van der Waals surface area contributed by atoms with Crippen LogP contribution in [-0.4, -0.2) is 49.1 Å². The van der Waals surface area contributed by atoms with Crippen molar-refractivity contribution in [3.05, 3.63) is 33.9 Å². The van der Waals surface area contributed by atoms with Gasteiger partial charge >= 0.3 is 0 Å². The molecule has 0 radical (unpaired) electrons. The summed E-state index contributed by atoms with van der Waals surface area (Å²) in [6.07, 6.45) is 0.947. The molecular weight excluding hydrogens is 286 g/mol. The zero-order valence-electron chi connectivity index (χ0n) is 12.9. The molecule has 120 valence electrons. The van der Waals surface area contributed by atoms with Crippen molar-refractivity contribution < 1.29 is 14.5 Å². The van der Waals surface area contributed by atoms with Crippen LogP contribution >= 0.6 is 0 Å². The van der Waals surface area contributed by atoms with Crippen molar-refractivity contribution in [2.75, 3.05) is 38.7 Å². The molecule has 2 rings (SSSR count). The molecule has 7 heteroatoms. The first-order valence-electron chi connectivity index (χ1n) is 7.40. The standard InChI is InChI=1S/C15H21N3O4/c1-3-17(9-11-6-7-22-10-11)15(19)12-4-5-13(16-2)14(8-12)18(20)21/h4-5,8,11,16H,3,6-7,9-10H2,1-2H3/t11-/m1/s1. The molecule has 0 aliphatic carbocycles. The molecule has 1 aromatic rings. The van der Waals surface area contributed by atoms with Crippen LogP contribution in [0.25, 0.3) is 0 Å². The summed E-state index contributed by atoms with van der Waals surface area (Å²) in [6, 6.07) is 4.52. The second-order valence-corrected chi connectivity index (χ2v) is 5.31. The van der Waals surface area contributed by atoms with Crippen LogP contribution in [0.2, 0.25) is 0 Å². The largest absolute Gasteiger partial charge is 0.383 e. The summed E-state index contributed by atoms with van der Waals surface area (Å²) < 4.78 is 5.33. The first kappa shape index (κ1) is 16.2. The number of carbonyl (C=O) groups excluding carboxylic acids is 1. The highest BCUT2D eigenvalue weighted by molar-refractivity contribution is 5.95. The van der Waals surface area contributed by atoms with Crippen LogP contribution < -0.4 is 5.32 Å². The van der Waals surface area contributed by atoms with Crippen LogP contribution in [0.15, 0.2) is 18.2 Å². The average molecular weight is 307 g/mol. The van der Waals surface area contributed by atoms with E-state index in [1.54, 1.807) is 24.1 Å². The van der Waals surface area contributed by atoms with E-state index in [-0.39, 0.29) is 11.6 Å². The third-order valence-electron chi connectivity index (χ3n) is 3.88. The van der Waals surface area contributed by atoms with Crippen molar-refractivity contribution in [3.8, 4) is 0 Å². The van der Waals surface area contributed by atoms with Gasteiger partial charge in [-0.2, -0.15) is 0 Å². The molecule has 1 aromatic carbocycles. The van der Waals surface area contributed by atoms with Crippen molar-refractivity contribution in [3.63, 3.8) is 0 Å². The molecule has 0 spiro atoms. The highest BCUT2D eigenvalue weighted by Crippen LogP contribution is 2.26. The highest BCUT2D eigenvalue weighted by Gasteiger charge is 2.24. The summed E-state index contributed by atoms with van der Waals surface area (Å²) in [6.45, 7) is 4.50. The van der Waals surface area contributed by atoms with Gasteiger partial charge in [0.25, 0.3) is 11.6 Å². The fourth-order valence-electron chi connectivity index (χ4n) is 2.60. The Morgan fingerprint density at radius 2 is 2.32 bits per heavy atom. The van der Waals surface area contributed by atoms with Gasteiger partial charge in [0.15, 0.2) is 0 Å². The fourth-order valence-corrected chi connectivity index (χ4v) is 2.60. The number of nitrogens with one attached hydrogen (secondary N) is 1. The van der Waals surface area contributed by atoms with E-state index < -0.39 is 4.92 Å². The number of ether oxygens (including phenoxy) is 1. The molecule has 0 aromatic heterocycles. The molecule has 1 aliphatic heterocycles. The normalized spacial score (nSPS) is 17.3. The summed E-state index contributed by atoms with van der Waals surface area (Å²) in [5.74, 6) is 0.163. The monoisotopic (exact) mass is 307 g/mol. The molecule has 0 saturated carbocycles. The molecule has 0 bridgehead atoms. The number of hydrogen-bond acceptors (Lipinski definition) is 5. The molecule has 1 saturated heterocycles. The van der Waals surface area contributed by atoms with E-state index >= 15 is 0 Å². The first-order valence-corrected chi connectivity index (χ1v) is 7.40. The van der Waals surface area contributed by atoms with Crippen LogP contribution in [0.1, 0.15) is 23.7 Å². The molecule has 1 N–H and O–H groups in total. The number of benzene rings is 1. The van der Waals surface area contributed by atoms with Crippen LogP contribution in [0.3, 0.4) is 0 Å². The lowest BCUT2D eigenvalue weighted by molar-refractivity contribution is -0.384. The van der Waals surface area contributed by atoms with Gasteiger partial charge in [0.2, 0.25) is 0 Å². The quantitative estimate of drug-likeness (QED) is 0.643. The van der Waals surface area contributed by atoms with E-state index in [9.17, 15) is 14.9 Å². The van der Waals surface area contributed by atoms with E-state index in [0.717, 1.165) is 13.0 Å². The Morgan fingerprint density at radius 3 is 2.86 bits per heavy atom. The number of rotatable bonds is 6. The Labute approximate surface area is 129 Å². The van der Waals surface area contributed by atoms with Crippen LogP contribution in [0.5, 0.6) is 0 Å². The first-order chi connectivity index (χ1) is 10.6. The van der Waals surface area contributed by atoms with Gasteiger partial charge in [-0.15, -0.1) is 0 Å². The van der Waals surface area contributed by atoms with Crippen molar-refractivity contribution in [2.24, 2.45) is 5.92 Å². The van der Waals surface area contributed by atoms with Gasteiger partial charge in [-0.1, -0.05) is 0 Å². The lowest BCUT2D eigenvalue weighted by atomic mass is 10.1. The van der Waals surface area contributed by atoms with Crippen LogP contribution in [0.4, 0.5) is 11.4 Å². The number of anilines is 1. The van der Waals surface area contributed by atoms with Crippen molar-refractivity contribution in [1.29, 1.82) is 0 Å². The molecule has 1 atom stereocenters. The summed E-state index contributed by atoms with van der Waals surface area (Å²) in [5.41, 5.74) is 0.647. The fraction of sp³-hybridized carbons (Fsp3) is 0.533. The Balaban J connectivity index is 2.19. The number of nitrogens with zero attached hydrogens (tertiary/aromatic N) is 2. The minimum Gasteiger partial charge on any atom is -0.383 e. The van der Waals surface area contributed by atoms with E-state index in [4.69, 9.17) is 4.74 Å². The predicted octanol–water partition coefficient (Wildman–Crippen LogP) is 2.14. The maximum absolute atomic E-state index is 12.6. The van der Waals surface area contributed by atoms with Gasteiger partial charge in [0, 0.05) is 44.3 Å². The second kappa shape index (κ2) is 7.22. The summed E-state index contributed by atoms with van der Waals surface area (Å²) >= 11 is 0. The lowest BCUT2D eigenvalue weighted by Gasteiger charge is -2.23. The van der Waals surface area contributed by atoms with Gasteiger partial charge in [0.05, 0.1) is 11.5 Å². The number of nitro groups is 1. The molecule has 7 nitrogen and oxygen atoms in total. The molecule has 22 heavy (non-hydrogen) atoms. The van der Waals surface area contributed by atoms with E-state index in [2.05, 4.69) is 5.32 Å². The third kappa shape index (κ3) is 3.54. The predicted molar refractivity (Wildman–Crippen MR) is 83.1 cm³/mol. The Kier molecular flexibility index (Phi) is 5.32. The summed E-state index contributed by atoms with van der Waals surface area (Å²) in [5, 5.41) is 13.9. The summed E-state index contributed by atoms with van der Waals surface area (Å²) in [4.78, 5) is 24.9. The maximum Gasteiger partial charge on any atom is 0.293 e. The van der Waals surface area contributed by atoms with Gasteiger partial charge in [0.1, 0.15) is 5.69 Å². The Hall–Kier alpha value is -2.15. The zero-order valence-corrected chi connectivity index (χ0v) is 12.9. The number of nitro benzene ring substituents is 1. The molecular formula is C15H21N3O4. The van der Waals surface area contributed by atoms with Crippen LogP contribution in [-0.2, 0) is 4.74 Å². The Morgan fingerprint density at radius 1 is 1.55 bits per heavy atom. The van der Waals surface area contributed by atoms with Crippen molar-refractivity contribution in [2.45, 2.75) is 13.3 Å². The minimum atomic E-state index is -0.482. The lowest BCUT2D eigenvalue weighted by Crippen LogP contribution is -2.35. The zero-order chi connectivity index (χ0) is 16.1. The molecule has 0 unspecified atom stereocenters. The molecule has 1 heterocycles. The van der Waals surface area contributed by atoms with Gasteiger partial charge in [-0.25, -0.2) is 0 Å². The van der Waals surface area contributed by atoms with Crippen molar-refractivity contribution >= 4 is 17.3 Å². The molecule has 1 fully saturated rings. The third-order valence-corrected chi connectivity index (χ3v) is 3.88. The van der Waals surface area contributed by atoms with Crippen LogP contribution in [0, 0.1) is 16.0 Å². The molecule has 1 aliphatic rings. The van der Waals surface area contributed by atoms with E-state index in [0.29, 0.717) is 36.9 Å². The maximum atomic E-state index is 12.6. The highest BCUT2D eigenvalue weighted by atomic mass is 16.6. The number of amides is 1. The second-order valence-electron chi connectivity index (χ2n) is 5.31. The topological polar surface area (TPSA) is 84.7 Å². The SMILES string of the molecule is CCN(C[C@H]1CCOC1)C(=O)c1ccc(NC)c([N+](=O)[O-])c1. The number of carbonyl (C=O) groups is 1. The van der Waals surface area contributed by atoms with Gasteiger partial charge in [-0.3, -0.25) is 14.9 Å². The van der Waals surface area contributed by atoms with E-state index in [1.807, 2.05) is 6.92 Å².